The first-order chi connectivity index (χ1) is 13.3. The standard InChI is InChI=1S/C20H29N3O4S/c1-3-21-19(24)14-23-18-8-7-17(13-16(18)5-4-6-20(23)25)28(26,27)22-11-9-15(2)10-12-22/h7-8,13,15H,3-6,9-12,14H2,1-2H3,(H,21,24). The van der Waals surface area contributed by atoms with E-state index in [0.29, 0.717) is 50.5 Å². The molecule has 2 heterocycles. The highest BCUT2D eigenvalue weighted by atomic mass is 32.2. The van der Waals surface area contributed by atoms with E-state index in [-0.39, 0.29) is 23.3 Å². The number of benzene rings is 1. The number of aryl methyl sites for hydroxylation is 1. The van der Waals surface area contributed by atoms with Crippen LogP contribution in [0.2, 0.25) is 0 Å². The van der Waals surface area contributed by atoms with Gasteiger partial charge in [-0.2, -0.15) is 4.31 Å². The Balaban J connectivity index is 1.89. The Morgan fingerprint density at radius 1 is 1.21 bits per heavy atom. The van der Waals surface area contributed by atoms with E-state index >= 15 is 0 Å². The van der Waals surface area contributed by atoms with Gasteiger partial charge in [0.15, 0.2) is 0 Å². The van der Waals surface area contributed by atoms with Crippen molar-refractivity contribution in [2.24, 2.45) is 5.92 Å². The van der Waals surface area contributed by atoms with Crippen molar-refractivity contribution >= 4 is 27.5 Å². The molecule has 0 atom stereocenters. The summed E-state index contributed by atoms with van der Waals surface area (Å²) in [7, 11) is -3.54. The molecule has 0 bridgehead atoms. The first-order valence-electron chi connectivity index (χ1n) is 10.0. The Morgan fingerprint density at radius 3 is 2.61 bits per heavy atom. The van der Waals surface area contributed by atoms with Gasteiger partial charge in [0.05, 0.1) is 4.90 Å². The van der Waals surface area contributed by atoms with Crippen LogP contribution in [-0.4, -0.2) is 50.7 Å². The Labute approximate surface area is 167 Å². The zero-order valence-electron chi connectivity index (χ0n) is 16.6. The van der Waals surface area contributed by atoms with Crippen molar-refractivity contribution in [3.8, 4) is 0 Å². The van der Waals surface area contributed by atoms with Gasteiger partial charge in [0.25, 0.3) is 0 Å². The lowest BCUT2D eigenvalue weighted by Gasteiger charge is -2.30. The smallest absolute Gasteiger partial charge is 0.243 e. The number of fused-ring (bicyclic) bond motifs is 1. The maximum atomic E-state index is 13.1. The highest BCUT2D eigenvalue weighted by Crippen LogP contribution is 2.31. The Hall–Kier alpha value is -1.93. The largest absolute Gasteiger partial charge is 0.355 e. The molecule has 154 valence electrons. The molecule has 1 aromatic rings. The van der Waals surface area contributed by atoms with Crippen LogP contribution in [-0.2, 0) is 26.0 Å². The van der Waals surface area contributed by atoms with E-state index in [2.05, 4.69) is 12.2 Å². The number of hydrogen-bond acceptors (Lipinski definition) is 4. The maximum absolute atomic E-state index is 13.1. The van der Waals surface area contributed by atoms with E-state index in [9.17, 15) is 18.0 Å². The third kappa shape index (κ3) is 4.38. The Kier molecular flexibility index (Phi) is 6.40. The lowest BCUT2D eigenvalue weighted by atomic mass is 10.0. The van der Waals surface area contributed by atoms with Crippen LogP contribution in [0.4, 0.5) is 5.69 Å². The van der Waals surface area contributed by atoms with Crippen molar-refractivity contribution in [3.63, 3.8) is 0 Å². The van der Waals surface area contributed by atoms with Crippen LogP contribution in [0, 0.1) is 5.92 Å². The second-order valence-electron chi connectivity index (χ2n) is 7.66. The number of nitrogens with zero attached hydrogens (tertiary/aromatic N) is 2. The molecule has 28 heavy (non-hydrogen) atoms. The molecule has 3 rings (SSSR count). The zero-order chi connectivity index (χ0) is 20.3. The van der Waals surface area contributed by atoms with E-state index in [1.165, 1.54) is 4.90 Å². The van der Waals surface area contributed by atoms with Crippen molar-refractivity contribution in [1.82, 2.24) is 9.62 Å². The molecule has 0 unspecified atom stereocenters. The minimum absolute atomic E-state index is 0.0458. The second kappa shape index (κ2) is 8.61. The summed E-state index contributed by atoms with van der Waals surface area (Å²) in [6.45, 7) is 5.52. The summed E-state index contributed by atoms with van der Waals surface area (Å²) in [6, 6.07) is 4.93. The summed E-state index contributed by atoms with van der Waals surface area (Å²) in [5, 5.41) is 2.71. The van der Waals surface area contributed by atoms with Crippen LogP contribution in [0.1, 0.15) is 45.1 Å². The maximum Gasteiger partial charge on any atom is 0.243 e. The highest BCUT2D eigenvalue weighted by molar-refractivity contribution is 7.89. The van der Waals surface area contributed by atoms with E-state index in [1.54, 1.807) is 22.5 Å². The molecule has 0 aliphatic carbocycles. The summed E-state index contributed by atoms with van der Waals surface area (Å²) >= 11 is 0. The number of nitrogens with one attached hydrogen (secondary N) is 1. The molecule has 8 heteroatoms. The molecule has 2 amide bonds. The van der Waals surface area contributed by atoms with Crippen LogP contribution in [0.15, 0.2) is 23.1 Å². The molecule has 0 spiro atoms. The number of rotatable bonds is 5. The summed E-state index contributed by atoms with van der Waals surface area (Å²) in [5.74, 6) is 0.223. The van der Waals surface area contributed by atoms with Gasteiger partial charge in [0.1, 0.15) is 6.54 Å². The fourth-order valence-electron chi connectivity index (χ4n) is 3.83. The predicted octanol–water partition coefficient (Wildman–Crippen LogP) is 1.91. The minimum Gasteiger partial charge on any atom is -0.355 e. The van der Waals surface area contributed by atoms with E-state index < -0.39 is 10.0 Å². The molecule has 0 aromatic heterocycles. The predicted molar refractivity (Wildman–Crippen MR) is 108 cm³/mol. The lowest BCUT2D eigenvalue weighted by Crippen LogP contribution is -2.40. The quantitative estimate of drug-likeness (QED) is 0.808. The summed E-state index contributed by atoms with van der Waals surface area (Å²) in [4.78, 5) is 26.3. The van der Waals surface area contributed by atoms with Gasteiger partial charge in [0, 0.05) is 31.7 Å². The van der Waals surface area contributed by atoms with E-state index in [0.717, 1.165) is 18.4 Å². The number of amides is 2. The topological polar surface area (TPSA) is 86.8 Å². The molecule has 0 saturated carbocycles. The van der Waals surface area contributed by atoms with Gasteiger partial charge >= 0.3 is 0 Å². The Bertz CT molecular complexity index is 845. The first-order valence-corrected chi connectivity index (χ1v) is 11.5. The van der Waals surface area contributed by atoms with Gasteiger partial charge in [-0.25, -0.2) is 8.42 Å². The van der Waals surface area contributed by atoms with Crippen molar-refractivity contribution in [2.45, 2.75) is 50.8 Å². The Morgan fingerprint density at radius 2 is 1.93 bits per heavy atom. The summed E-state index contributed by atoms with van der Waals surface area (Å²) in [6.07, 6.45) is 3.36. The molecular formula is C20H29N3O4S. The van der Waals surface area contributed by atoms with Gasteiger partial charge < -0.3 is 10.2 Å². The highest BCUT2D eigenvalue weighted by Gasteiger charge is 2.30. The number of carbonyl (C=O) groups is 2. The second-order valence-corrected chi connectivity index (χ2v) is 9.60. The molecule has 0 radical (unpaired) electrons. The number of carbonyl (C=O) groups excluding carboxylic acids is 2. The van der Waals surface area contributed by atoms with Crippen molar-refractivity contribution < 1.29 is 18.0 Å². The average molecular weight is 408 g/mol. The molecule has 7 nitrogen and oxygen atoms in total. The minimum atomic E-state index is -3.54. The SMILES string of the molecule is CCNC(=O)CN1C(=O)CCCc2cc(S(=O)(=O)N3CCC(C)CC3)ccc21. The molecule has 2 aliphatic rings. The van der Waals surface area contributed by atoms with Gasteiger partial charge in [-0.3, -0.25) is 9.59 Å². The average Bonchev–Trinajstić information content (AvgIpc) is 2.81. The van der Waals surface area contributed by atoms with Crippen LogP contribution < -0.4 is 10.2 Å². The number of anilines is 1. The molecular weight excluding hydrogens is 378 g/mol. The fourth-order valence-corrected chi connectivity index (χ4v) is 5.35. The number of piperidine rings is 1. The third-order valence-corrected chi connectivity index (χ3v) is 7.43. The van der Waals surface area contributed by atoms with Gasteiger partial charge in [0.2, 0.25) is 21.8 Å². The molecule has 1 N–H and O–H groups in total. The van der Waals surface area contributed by atoms with Crippen LogP contribution >= 0.6 is 0 Å². The number of hydrogen-bond donors (Lipinski definition) is 1. The molecule has 1 aromatic carbocycles. The first kappa shape index (κ1) is 20.8. The van der Waals surface area contributed by atoms with Crippen LogP contribution in [0.5, 0.6) is 0 Å². The van der Waals surface area contributed by atoms with Gasteiger partial charge in [-0.1, -0.05) is 6.92 Å². The number of likely N-dealkylation sites (N-methyl/N-ethyl adjacent to an activating group) is 1. The van der Waals surface area contributed by atoms with Crippen LogP contribution in [0.3, 0.4) is 0 Å². The summed E-state index contributed by atoms with van der Waals surface area (Å²) < 4.78 is 27.7. The number of sulfonamides is 1. The third-order valence-electron chi connectivity index (χ3n) is 5.54. The summed E-state index contributed by atoms with van der Waals surface area (Å²) in [5.41, 5.74) is 1.45. The normalized spacial score (nSPS) is 19.2. The van der Waals surface area contributed by atoms with E-state index in [4.69, 9.17) is 0 Å². The lowest BCUT2D eigenvalue weighted by molar-refractivity contribution is -0.123. The molecule has 1 saturated heterocycles. The van der Waals surface area contributed by atoms with Crippen molar-refractivity contribution in [3.05, 3.63) is 23.8 Å². The molecule has 1 fully saturated rings. The van der Waals surface area contributed by atoms with Gasteiger partial charge in [-0.05, 0) is 62.3 Å². The monoisotopic (exact) mass is 407 g/mol. The van der Waals surface area contributed by atoms with Gasteiger partial charge in [-0.15, -0.1) is 0 Å². The van der Waals surface area contributed by atoms with Crippen LogP contribution in [0.25, 0.3) is 0 Å². The fraction of sp³-hybridized carbons (Fsp3) is 0.600. The van der Waals surface area contributed by atoms with E-state index in [1.807, 2.05) is 6.92 Å². The van der Waals surface area contributed by atoms with Crippen molar-refractivity contribution in [1.29, 1.82) is 0 Å². The zero-order valence-corrected chi connectivity index (χ0v) is 17.4. The van der Waals surface area contributed by atoms with Crippen molar-refractivity contribution in [2.75, 3.05) is 31.1 Å². The molecule has 2 aliphatic heterocycles.